The summed E-state index contributed by atoms with van der Waals surface area (Å²) in [6, 6.07) is 5.29. The lowest BCUT2D eigenvalue weighted by Gasteiger charge is -2.28. The van der Waals surface area contributed by atoms with Crippen molar-refractivity contribution in [2.75, 3.05) is 18.0 Å². The molecule has 0 unspecified atom stereocenters. The number of nitrogens with zero attached hydrogens (tertiary/aromatic N) is 4. The lowest BCUT2D eigenvalue weighted by molar-refractivity contribution is 0.0698. The molecule has 1 saturated heterocycles. The van der Waals surface area contributed by atoms with Crippen LogP contribution < -0.4 is 15.4 Å². The third-order valence-electron chi connectivity index (χ3n) is 5.36. The zero-order valence-electron chi connectivity index (χ0n) is 16.9. The number of rotatable bonds is 7. The SMILES string of the molecule is C[C@@H](CCN)Oc1ccc(F)cc1[C@H]1C[C@H](F)CN1c1ccn2ncc(C(=O)O)c2n1. The molecule has 0 aliphatic carbocycles. The average Bonchev–Trinajstić information content (AvgIpc) is 3.32. The van der Waals surface area contributed by atoms with Crippen LogP contribution in [0.4, 0.5) is 14.6 Å². The molecule has 31 heavy (non-hydrogen) atoms. The van der Waals surface area contributed by atoms with Gasteiger partial charge >= 0.3 is 5.97 Å². The molecule has 1 aromatic carbocycles. The summed E-state index contributed by atoms with van der Waals surface area (Å²) in [5.41, 5.74) is 6.21. The second kappa shape index (κ2) is 8.46. The van der Waals surface area contributed by atoms with Crippen LogP contribution in [0.2, 0.25) is 0 Å². The number of benzene rings is 1. The van der Waals surface area contributed by atoms with Crippen LogP contribution in [0.1, 0.15) is 41.7 Å². The maximum Gasteiger partial charge on any atom is 0.341 e. The van der Waals surface area contributed by atoms with Crippen molar-refractivity contribution in [1.29, 1.82) is 0 Å². The number of halogens is 2. The van der Waals surface area contributed by atoms with Gasteiger partial charge in [0.25, 0.3) is 0 Å². The summed E-state index contributed by atoms with van der Waals surface area (Å²) < 4.78 is 36.0. The molecule has 0 spiro atoms. The number of carbonyl (C=O) groups is 1. The number of nitrogens with two attached hydrogens (primary N) is 1. The molecule has 10 heteroatoms. The minimum absolute atomic E-state index is 0.0404. The molecule has 0 saturated carbocycles. The Labute approximate surface area is 177 Å². The van der Waals surface area contributed by atoms with Crippen molar-refractivity contribution in [3.63, 3.8) is 0 Å². The highest BCUT2D eigenvalue weighted by Gasteiger charge is 2.36. The van der Waals surface area contributed by atoms with Gasteiger partial charge in [0.05, 0.1) is 24.9 Å². The first kappa shape index (κ1) is 21.0. The second-order valence-electron chi connectivity index (χ2n) is 7.61. The number of carboxylic acids is 1. The summed E-state index contributed by atoms with van der Waals surface area (Å²) >= 11 is 0. The molecule has 3 heterocycles. The largest absolute Gasteiger partial charge is 0.490 e. The van der Waals surface area contributed by atoms with E-state index in [0.29, 0.717) is 30.1 Å². The Hall–Kier alpha value is -3.27. The Kier molecular flexibility index (Phi) is 5.73. The summed E-state index contributed by atoms with van der Waals surface area (Å²) in [5.74, 6) is -0.770. The maximum absolute atomic E-state index is 14.5. The van der Waals surface area contributed by atoms with E-state index >= 15 is 0 Å². The van der Waals surface area contributed by atoms with Gasteiger partial charge in [-0.1, -0.05) is 0 Å². The van der Waals surface area contributed by atoms with Gasteiger partial charge in [-0.15, -0.1) is 0 Å². The van der Waals surface area contributed by atoms with Crippen molar-refractivity contribution in [3.8, 4) is 5.75 Å². The highest BCUT2D eigenvalue weighted by molar-refractivity contribution is 5.94. The molecule has 0 radical (unpaired) electrons. The Balaban J connectivity index is 1.74. The summed E-state index contributed by atoms with van der Waals surface area (Å²) in [4.78, 5) is 17.6. The zero-order chi connectivity index (χ0) is 22.1. The predicted octanol–water partition coefficient (Wildman–Crippen LogP) is 2.97. The Morgan fingerprint density at radius 2 is 2.23 bits per heavy atom. The van der Waals surface area contributed by atoms with Crippen molar-refractivity contribution in [3.05, 3.63) is 53.6 Å². The van der Waals surface area contributed by atoms with E-state index in [9.17, 15) is 18.7 Å². The van der Waals surface area contributed by atoms with E-state index in [0.717, 1.165) is 0 Å². The highest BCUT2D eigenvalue weighted by atomic mass is 19.1. The normalized spacial score (nSPS) is 19.7. The number of anilines is 1. The third-order valence-corrected chi connectivity index (χ3v) is 5.36. The van der Waals surface area contributed by atoms with E-state index in [2.05, 4.69) is 10.1 Å². The van der Waals surface area contributed by atoms with Crippen LogP contribution in [-0.2, 0) is 0 Å². The summed E-state index contributed by atoms with van der Waals surface area (Å²) in [6.07, 6.45) is 2.18. The van der Waals surface area contributed by atoms with Crippen LogP contribution in [0, 0.1) is 5.82 Å². The van der Waals surface area contributed by atoms with Crippen LogP contribution >= 0.6 is 0 Å². The minimum Gasteiger partial charge on any atom is -0.490 e. The molecule has 164 valence electrons. The molecular formula is C21H23F2N5O3. The lowest BCUT2D eigenvalue weighted by Crippen LogP contribution is -2.26. The van der Waals surface area contributed by atoms with Crippen LogP contribution in [0.3, 0.4) is 0 Å². The van der Waals surface area contributed by atoms with Crippen LogP contribution in [0.25, 0.3) is 5.65 Å². The zero-order valence-corrected chi connectivity index (χ0v) is 16.9. The van der Waals surface area contributed by atoms with Crippen LogP contribution in [0.5, 0.6) is 5.75 Å². The molecule has 3 N–H and O–H groups in total. The number of hydrogen-bond acceptors (Lipinski definition) is 6. The van der Waals surface area contributed by atoms with E-state index in [1.54, 1.807) is 17.2 Å². The van der Waals surface area contributed by atoms with E-state index in [-0.39, 0.29) is 30.3 Å². The number of alkyl halides is 1. The van der Waals surface area contributed by atoms with E-state index in [4.69, 9.17) is 10.5 Å². The molecular weight excluding hydrogens is 408 g/mol. The van der Waals surface area contributed by atoms with Gasteiger partial charge in [0.2, 0.25) is 0 Å². The average molecular weight is 431 g/mol. The summed E-state index contributed by atoms with van der Waals surface area (Å²) in [7, 11) is 0. The van der Waals surface area contributed by atoms with Crippen molar-refractivity contribution in [1.82, 2.24) is 14.6 Å². The number of aromatic carboxylic acids is 1. The van der Waals surface area contributed by atoms with E-state index in [1.807, 2.05) is 6.92 Å². The Morgan fingerprint density at radius 1 is 1.42 bits per heavy atom. The number of ether oxygens (including phenoxy) is 1. The fourth-order valence-electron chi connectivity index (χ4n) is 3.90. The van der Waals surface area contributed by atoms with Crippen molar-refractivity contribution >= 4 is 17.4 Å². The molecule has 2 aromatic heterocycles. The Morgan fingerprint density at radius 3 is 2.97 bits per heavy atom. The van der Waals surface area contributed by atoms with Gasteiger partial charge in [-0.25, -0.2) is 23.1 Å². The highest BCUT2D eigenvalue weighted by Crippen LogP contribution is 2.41. The first-order chi connectivity index (χ1) is 14.9. The van der Waals surface area contributed by atoms with Gasteiger partial charge in [-0.05, 0) is 44.2 Å². The van der Waals surface area contributed by atoms with Crippen LogP contribution in [-0.4, -0.2) is 51.0 Å². The van der Waals surface area contributed by atoms with Crippen molar-refractivity contribution < 1.29 is 23.4 Å². The molecule has 1 fully saturated rings. The van der Waals surface area contributed by atoms with Crippen LogP contribution in [0.15, 0.2) is 36.7 Å². The van der Waals surface area contributed by atoms with Gasteiger partial charge < -0.3 is 20.5 Å². The molecule has 3 atom stereocenters. The fourth-order valence-corrected chi connectivity index (χ4v) is 3.90. The first-order valence-electron chi connectivity index (χ1n) is 10.0. The quantitative estimate of drug-likeness (QED) is 0.592. The van der Waals surface area contributed by atoms with Gasteiger partial charge in [-0.3, -0.25) is 0 Å². The van der Waals surface area contributed by atoms with Gasteiger partial charge in [-0.2, -0.15) is 5.10 Å². The molecule has 8 nitrogen and oxygen atoms in total. The topological polar surface area (TPSA) is 106 Å². The van der Waals surface area contributed by atoms with Crippen molar-refractivity contribution in [2.45, 2.75) is 38.1 Å². The van der Waals surface area contributed by atoms with Crippen molar-refractivity contribution in [2.24, 2.45) is 5.73 Å². The lowest BCUT2D eigenvalue weighted by atomic mass is 10.0. The predicted molar refractivity (Wildman–Crippen MR) is 110 cm³/mol. The smallest absolute Gasteiger partial charge is 0.341 e. The number of hydrogen-bond donors (Lipinski definition) is 2. The molecule has 0 amide bonds. The summed E-state index contributed by atoms with van der Waals surface area (Å²) in [5, 5.41) is 13.3. The van der Waals surface area contributed by atoms with Gasteiger partial charge in [0.1, 0.15) is 29.1 Å². The van der Waals surface area contributed by atoms with E-state index in [1.165, 1.54) is 28.9 Å². The monoisotopic (exact) mass is 431 g/mol. The standard InChI is InChI=1S/C21H23F2N5O3/c1-12(4-6-24)31-18-3-2-13(22)8-15(18)17-9-14(23)11-27(17)19-5-7-28-20(26-19)16(10-25-28)21(29)30/h2-3,5,7-8,10,12,14,17H,4,6,9,11,24H2,1H3,(H,29,30)/t12-,14-,17+/m0/s1. The second-order valence-corrected chi connectivity index (χ2v) is 7.61. The molecule has 4 rings (SSSR count). The number of aromatic nitrogens is 3. The molecule has 1 aliphatic rings. The van der Waals surface area contributed by atoms with Gasteiger partial charge in [0, 0.05) is 18.2 Å². The number of fused-ring (bicyclic) bond motifs is 1. The van der Waals surface area contributed by atoms with E-state index < -0.39 is 24.0 Å². The van der Waals surface area contributed by atoms with Gasteiger partial charge in [0.15, 0.2) is 5.65 Å². The molecule has 0 bridgehead atoms. The fraction of sp³-hybridized carbons (Fsp3) is 0.381. The Bertz CT molecular complexity index is 1110. The first-order valence-corrected chi connectivity index (χ1v) is 10.0. The summed E-state index contributed by atoms with van der Waals surface area (Å²) in [6.45, 7) is 2.35. The molecule has 3 aromatic rings. The minimum atomic E-state index is -1.16. The third kappa shape index (κ3) is 4.15. The number of carboxylic acid groups (broad SMARTS) is 1. The molecule has 1 aliphatic heterocycles. The maximum atomic E-state index is 14.5.